The highest BCUT2D eigenvalue weighted by Crippen LogP contribution is 2.22. The number of rotatable bonds is 4. The Hall–Kier alpha value is -2.55. The van der Waals surface area contributed by atoms with Gasteiger partial charge in [0.05, 0.1) is 7.11 Å². The Bertz CT molecular complexity index is 595. The predicted octanol–water partition coefficient (Wildman–Crippen LogP) is 3.97. The molecular formula is C17H16O3. The lowest BCUT2D eigenvalue weighted by Gasteiger charge is -2.06. The van der Waals surface area contributed by atoms with Gasteiger partial charge in [-0.2, -0.15) is 0 Å². The van der Waals surface area contributed by atoms with Crippen LogP contribution in [0.15, 0.2) is 54.6 Å². The summed E-state index contributed by atoms with van der Waals surface area (Å²) in [6, 6.07) is 15.3. The second-order valence-corrected chi connectivity index (χ2v) is 4.34. The van der Waals surface area contributed by atoms with Crippen molar-refractivity contribution in [2.45, 2.75) is 6.92 Å². The number of esters is 1. The molecule has 3 nitrogen and oxygen atoms in total. The molecule has 0 saturated heterocycles. The van der Waals surface area contributed by atoms with E-state index in [-0.39, 0.29) is 5.97 Å². The van der Waals surface area contributed by atoms with Crippen LogP contribution in [-0.4, -0.2) is 13.1 Å². The van der Waals surface area contributed by atoms with Crippen LogP contribution >= 0.6 is 0 Å². The summed E-state index contributed by atoms with van der Waals surface area (Å²) in [4.78, 5) is 11.0. The average molecular weight is 268 g/mol. The van der Waals surface area contributed by atoms with Gasteiger partial charge in [0.15, 0.2) is 0 Å². The van der Waals surface area contributed by atoms with Crippen molar-refractivity contribution in [2.75, 3.05) is 7.11 Å². The van der Waals surface area contributed by atoms with Crippen molar-refractivity contribution in [2.24, 2.45) is 0 Å². The van der Waals surface area contributed by atoms with Crippen molar-refractivity contribution in [3.63, 3.8) is 0 Å². The Kier molecular flexibility index (Phi) is 4.56. The molecule has 0 saturated carbocycles. The number of hydrogen-bond donors (Lipinski definition) is 0. The van der Waals surface area contributed by atoms with Gasteiger partial charge in [0, 0.05) is 6.08 Å². The number of hydrogen-bond acceptors (Lipinski definition) is 3. The third-order valence-corrected chi connectivity index (χ3v) is 2.75. The van der Waals surface area contributed by atoms with Crippen LogP contribution in [0.1, 0.15) is 11.1 Å². The molecule has 3 heteroatoms. The van der Waals surface area contributed by atoms with Gasteiger partial charge < -0.3 is 9.47 Å². The van der Waals surface area contributed by atoms with Gasteiger partial charge in [-0.05, 0) is 42.8 Å². The van der Waals surface area contributed by atoms with Gasteiger partial charge in [0.1, 0.15) is 11.5 Å². The molecule has 2 aromatic rings. The first-order valence-electron chi connectivity index (χ1n) is 6.28. The van der Waals surface area contributed by atoms with E-state index in [0.29, 0.717) is 0 Å². The molecule has 0 aromatic heterocycles. The molecule has 0 N–H and O–H groups in total. The predicted molar refractivity (Wildman–Crippen MR) is 78.7 cm³/mol. The fraction of sp³-hybridized carbons (Fsp3) is 0.118. The zero-order chi connectivity index (χ0) is 14.4. The summed E-state index contributed by atoms with van der Waals surface area (Å²) in [7, 11) is 1.35. The van der Waals surface area contributed by atoms with Crippen molar-refractivity contribution in [1.29, 1.82) is 0 Å². The Morgan fingerprint density at radius 3 is 2.05 bits per heavy atom. The molecule has 0 spiro atoms. The largest absolute Gasteiger partial charge is 0.466 e. The lowest BCUT2D eigenvalue weighted by molar-refractivity contribution is -0.134. The maximum atomic E-state index is 11.0. The van der Waals surface area contributed by atoms with Crippen LogP contribution in [-0.2, 0) is 9.53 Å². The van der Waals surface area contributed by atoms with Crippen molar-refractivity contribution in [3.8, 4) is 11.5 Å². The zero-order valence-electron chi connectivity index (χ0n) is 11.5. The summed E-state index contributed by atoms with van der Waals surface area (Å²) >= 11 is 0. The summed E-state index contributed by atoms with van der Waals surface area (Å²) in [5.41, 5.74) is 2.10. The third-order valence-electron chi connectivity index (χ3n) is 2.75. The summed E-state index contributed by atoms with van der Waals surface area (Å²) in [6.07, 6.45) is 3.08. The van der Waals surface area contributed by atoms with Gasteiger partial charge in [0.2, 0.25) is 0 Å². The first kappa shape index (κ1) is 13.9. The van der Waals surface area contributed by atoms with E-state index >= 15 is 0 Å². The summed E-state index contributed by atoms with van der Waals surface area (Å²) in [5.74, 6) is 1.18. The standard InChI is InChI=1S/C17H16O3/c1-13-3-8-15(9-4-13)20-16-10-5-14(6-11-16)7-12-17(18)19-2/h3-12H,1-2H3/b12-7+. The minimum absolute atomic E-state index is 0.370. The van der Waals surface area contributed by atoms with Gasteiger partial charge in [-0.1, -0.05) is 29.8 Å². The molecule has 102 valence electrons. The second kappa shape index (κ2) is 6.57. The fourth-order valence-electron chi connectivity index (χ4n) is 1.62. The van der Waals surface area contributed by atoms with Crippen molar-refractivity contribution in [1.82, 2.24) is 0 Å². The first-order valence-corrected chi connectivity index (χ1v) is 6.28. The van der Waals surface area contributed by atoms with Crippen molar-refractivity contribution >= 4 is 12.0 Å². The van der Waals surface area contributed by atoms with Gasteiger partial charge in [-0.25, -0.2) is 4.79 Å². The smallest absolute Gasteiger partial charge is 0.330 e. The van der Waals surface area contributed by atoms with E-state index in [1.807, 2.05) is 55.5 Å². The molecule has 0 amide bonds. The average Bonchev–Trinajstić information content (AvgIpc) is 2.48. The molecule has 0 aliphatic rings. The number of aryl methyl sites for hydroxylation is 1. The van der Waals surface area contributed by atoms with Gasteiger partial charge >= 0.3 is 5.97 Å². The van der Waals surface area contributed by atoms with Crippen LogP contribution in [0.3, 0.4) is 0 Å². The number of ether oxygens (including phenoxy) is 2. The van der Waals surface area contributed by atoms with E-state index in [0.717, 1.165) is 17.1 Å². The summed E-state index contributed by atoms with van der Waals surface area (Å²) < 4.78 is 10.3. The van der Waals surface area contributed by atoms with E-state index in [1.54, 1.807) is 6.08 Å². The molecule has 0 unspecified atom stereocenters. The molecule has 2 rings (SSSR count). The van der Waals surface area contributed by atoms with E-state index < -0.39 is 0 Å². The molecule has 0 aliphatic heterocycles. The van der Waals surface area contributed by atoms with Crippen LogP contribution in [0.4, 0.5) is 0 Å². The molecule has 0 heterocycles. The van der Waals surface area contributed by atoms with Gasteiger partial charge in [0.25, 0.3) is 0 Å². The lowest BCUT2D eigenvalue weighted by atomic mass is 10.2. The van der Waals surface area contributed by atoms with Crippen LogP contribution in [0.2, 0.25) is 0 Å². The van der Waals surface area contributed by atoms with E-state index in [2.05, 4.69) is 4.74 Å². The lowest BCUT2D eigenvalue weighted by Crippen LogP contribution is -1.93. The molecular weight excluding hydrogens is 252 g/mol. The maximum Gasteiger partial charge on any atom is 0.330 e. The maximum absolute atomic E-state index is 11.0. The van der Waals surface area contributed by atoms with Gasteiger partial charge in [-0.3, -0.25) is 0 Å². The number of methoxy groups -OCH3 is 1. The minimum atomic E-state index is -0.370. The van der Waals surface area contributed by atoms with Crippen LogP contribution in [0.25, 0.3) is 6.08 Å². The highest BCUT2D eigenvalue weighted by molar-refractivity contribution is 5.86. The van der Waals surface area contributed by atoms with E-state index in [9.17, 15) is 4.79 Å². The van der Waals surface area contributed by atoms with Gasteiger partial charge in [-0.15, -0.1) is 0 Å². The number of benzene rings is 2. The van der Waals surface area contributed by atoms with Crippen LogP contribution < -0.4 is 4.74 Å². The highest BCUT2D eigenvalue weighted by Gasteiger charge is 1.97. The number of carbonyl (C=O) groups is 1. The Morgan fingerprint density at radius 1 is 0.950 bits per heavy atom. The molecule has 0 fully saturated rings. The molecule has 0 aliphatic carbocycles. The fourth-order valence-corrected chi connectivity index (χ4v) is 1.62. The van der Waals surface area contributed by atoms with E-state index in [4.69, 9.17) is 4.74 Å². The molecule has 0 atom stereocenters. The third kappa shape index (κ3) is 3.99. The molecule has 0 radical (unpaired) electrons. The number of carbonyl (C=O) groups excluding carboxylic acids is 1. The first-order chi connectivity index (χ1) is 9.67. The highest BCUT2D eigenvalue weighted by atomic mass is 16.5. The Labute approximate surface area is 118 Å². The Balaban J connectivity index is 2.03. The Morgan fingerprint density at radius 2 is 1.50 bits per heavy atom. The van der Waals surface area contributed by atoms with Crippen LogP contribution in [0.5, 0.6) is 11.5 Å². The molecule has 2 aromatic carbocycles. The van der Waals surface area contributed by atoms with E-state index in [1.165, 1.54) is 18.7 Å². The molecule has 20 heavy (non-hydrogen) atoms. The monoisotopic (exact) mass is 268 g/mol. The minimum Gasteiger partial charge on any atom is -0.466 e. The van der Waals surface area contributed by atoms with Crippen LogP contribution in [0, 0.1) is 6.92 Å². The normalized spacial score (nSPS) is 10.5. The van der Waals surface area contributed by atoms with Crippen molar-refractivity contribution in [3.05, 3.63) is 65.7 Å². The SMILES string of the molecule is COC(=O)/C=C/c1ccc(Oc2ccc(C)cc2)cc1. The summed E-state index contributed by atoms with van der Waals surface area (Å²) in [6.45, 7) is 2.03. The topological polar surface area (TPSA) is 35.5 Å². The zero-order valence-corrected chi connectivity index (χ0v) is 11.5. The second-order valence-electron chi connectivity index (χ2n) is 4.34. The summed E-state index contributed by atoms with van der Waals surface area (Å²) in [5, 5.41) is 0. The molecule has 0 bridgehead atoms. The quantitative estimate of drug-likeness (QED) is 0.621. The van der Waals surface area contributed by atoms with Crippen molar-refractivity contribution < 1.29 is 14.3 Å².